The maximum absolute atomic E-state index is 13.2. The van der Waals surface area contributed by atoms with Crippen LogP contribution in [0.3, 0.4) is 0 Å². The van der Waals surface area contributed by atoms with Crippen molar-refractivity contribution in [2.45, 2.75) is 32.0 Å². The van der Waals surface area contributed by atoms with Gasteiger partial charge in [-0.05, 0) is 41.5 Å². The van der Waals surface area contributed by atoms with Gasteiger partial charge in [-0.25, -0.2) is 15.0 Å². The smallest absolute Gasteiger partial charge is 0.275 e. The molecule has 0 spiro atoms. The summed E-state index contributed by atoms with van der Waals surface area (Å²) in [6, 6.07) is 24.7. The second kappa shape index (κ2) is 13.9. The number of nitrogens with zero attached hydrogens (tertiary/aromatic N) is 6. The number of carbonyl (C=O) groups is 1. The molecule has 11 heteroatoms. The quantitative estimate of drug-likeness (QED) is 0.247. The molecule has 7 rings (SSSR count). The lowest BCUT2D eigenvalue weighted by Crippen LogP contribution is -2.51. The van der Waals surface area contributed by atoms with E-state index in [2.05, 4.69) is 42.0 Å². The van der Waals surface area contributed by atoms with Crippen molar-refractivity contribution in [1.82, 2.24) is 24.8 Å². The van der Waals surface area contributed by atoms with Gasteiger partial charge in [-0.2, -0.15) is 0 Å². The lowest BCUT2D eigenvalue weighted by molar-refractivity contribution is -0.276. The molecule has 4 unspecified atom stereocenters. The summed E-state index contributed by atoms with van der Waals surface area (Å²) in [4.78, 5) is 35.5. The predicted molar refractivity (Wildman–Crippen MR) is 178 cm³/mol. The first kappa shape index (κ1) is 30.8. The molecule has 0 aliphatic carbocycles. The molecule has 47 heavy (non-hydrogen) atoms. The van der Waals surface area contributed by atoms with Gasteiger partial charge >= 0.3 is 0 Å². The molecule has 240 valence electrons. The van der Waals surface area contributed by atoms with Crippen LogP contribution in [-0.2, 0) is 16.1 Å². The summed E-state index contributed by atoms with van der Waals surface area (Å²) in [5.41, 5.74) is 4.90. The van der Waals surface area contributed by atoms with Crippen LogP contribution in [0, 0.1) is 5.92 Å². The highest BCUT2D eigenvalue weighted by molar-refractivity contribution is 6.03. The Kier molecular flexibility index (Phi) is 9.11. The molecule has 0 saturated carbocycles. The maximum Gasteiger partial charge on any atom is 0.275 e. The zero-order chi connectivity index (χ0) is 32.2. The lowest BCUT2D eigenvalue weighted by atomic mass is 9.90. The number of para-hydroxylation sites is 2. The molecule has 1 amide bonds. The van der Waals surface area contributed by atoms with E-state index in [1.807, 2.05) is 78.9 Å². The molecule has 2 fully saturated rings. The number of nitrogens with one attached hydrogen (secondary N) is 1. The Labute approximate surface area is 273 Å². The first-order chi connectivity index (χ1) is 23.0. The summed E-state index contributed by atoms with van der Waals surface area (Å²) in [6.07, 6.45) is 4.02. The molecule has 2 saturated heterocycles. The van der Waals surface area contributed by atoms with Gasteiger partial charge in [0.1, 0.15) is 5.69 Å². The highest BCUT2D eigenvalue weighted by Gasteiger charge is 2.39. The number of anilines is 2. The minimum absolute atomic E-state index is 0.0149. The van der Waals surface area contributed by atoms with E-state index in [9.17, 15) is 9.90 Å². The summed E-state index contributed by atoms with van der Waals surface area (Å²) >= 11 is 0. The van der Waals surface area contributed by atoms with E-state index >= 15 is 0 Å². The monoisotopic (exact) mass is 631 g/mol. The van der Waals surface area contributed by atoms with E-state index in [4.69, 9.17) is 9.47 Å². The largest absolute Gasteiger partial charge is 0.392 e. The number of rotatable bonds is 8. The Morgan fingerprint density at radius 2 is 1.64 bits per heavy atom. The first-order valence-corrected chi connectivity index (χ1v) is 15.9. The zero-order valence-corrected chi connectivity index (χ0v) is 26.1. The number of carbonyl (C=O) groups excluding carboxylic acids is 1. The predicted octanol–water partition coefficient (Wildman–Crippen LogP) is 4.78. The van der Waals surface area contributed by atoms with Crippen LogP contribution in [-0.4, -0.2) is 74.7 Å². The minimum atomic E-state index is -0.657. The summed E-state index contributed by atoms with van der Waals surface area (Å²) in [5.74, 6) is 0.462. The van der Waals surface area contributed by atoms with Gasteiger partial charge in [0.15, 0.2) is 6.29 Å². The summed E-state index contributed by atoms with van der Waals surface area (Å²) in [5, 5.41) is 12.6. The van der Waals surface area contributed by atoms with Crippen molar-refractivity contribution in [2.75, 3.05) is 42.9 Å². The number of amides is 1. The van der Waals surface area contributed by atoms with E-state index in [0.29, 0.717) is 11.2 Å². The lowest BCUT2D eigenvalue weighted by Gasteiger charge is -2.44. The number of hydrogen-bond acceptors (Lipinski definition) is 10. The first-order valence-electron chi connectivity index (χ1n) is 15.9. The fourth-order valence-corrected chi connectivity index (χ4v) is 6.19. The standard InChI is InChI=1S/C36H37N7O4/c1-24-32(22-42-16-18-43(19-17-42)36-37-14-5-15-38-36)46-35(47-33(24)26-12-10-25(23-44)11-13-26)27-6-4-7-28(20-27)40-34(45)31-21-39-29-8-2-3-9-30(29)41-31/h2-15,20-21,24,32-33,35,44H,16-19,22-23H2,1H3,(H,40,45). The van der Waals surface area contributed by atoms with Crippen molar-refractivity contribution < 1.29 is 19.4 Å². The molecular weight excluding hydrogens is 594 g/mol. The molecule has 2 aliphatic rings. The number of aliphatic hydroxyl groups is 1. The van der Waals surface area contributed by atoms with Crippen LogP contribution in [0.15, 0.2) is 97.5 Å². The Morgan fingerprint density at radius 1 is 0.872 bits per heavy atom. The van der Waals surface area contributed by atoms with E-state index in [-0.39, 0.29) is 36.3 Å². The molecule has 4 atom stereocenters. The summed E-state index contributed by atoms with van der Waals surface area (Å²) < 4.78 is 13.4. The average molecular weight is 632 g/mol. The van der Waals surface area contributed by atoms with Crippen LogP contribution in [0.2, 0.25) is 0 Å². The summed E-state index contributed by atoms with van der Waals surface area (Å²) in [7, 11) is 0. The third-order valence-corrected chi connectivity index (χ3v) is 8.87. The number of fused-ring (bicyclic) bond motifs is 1. The van der Waals surface area contributed by atoms with Crippen molar-refractivity contribution in [2.24, 2.45) is 5.92 Å². The van der Waals surface area contributed by atoms with E-state index < -0.39 is 6.29 Å². The second-order valence-electron chi connectivity index (χ2n) is 12.0. The third kappa shape index (κ3) is 6.98. The highest BCUT2D eigenvalue weighted by atomic mass is 16.7. The van der Waals surface area contributed by atoms with Gasteiger partial charge in [0, 0.05) is 62.3 Å². The molecule has 3 aromatic carbocycles. The normalized spacial score (nSPS) is 21.9. The Balaban J connectivity index is 1.09. The third-order valence-electron chi connectivity index (χ3n) is 8.87. The molecule has 0 bridgehead atoms. The molecule has 5 aromatic rings. The van der Waals surface area contributed by atoms with Gasteiger partial charge < -0.3 is 24.8 Å². The van der Waals surface area contributed by atoms with Crippen LogP contribution in [0.4, 0.5) is 11.6 Å². The topological polar surface area (TPSA) is 126 Å². The molecule has 2 aliphatic heterocycles. The SMILES string of the molecule is CC1C(CN2CCN(c3ncccn3)CC2)OC(c2cccc(NC(=O)c3cnc4ccccc4n3)c2)OC1c1ccc(CO)cc1. The van der Waals surface area contributed by atoms with Gasteiger partial charge in [0.25, 0.3) is 5.91 Å². The number of aliphatic hydroxyl groups excluding tert-OH is 1. The number of hydrogen-bond donors (Lipinski definition) is 2. The van der Waals surface area contributed by atoms with Gasteiger partial charge in [0.2, 0.25) is 5.95 Å². The minimum Gasteiger partial charge on any atom is -0.392 e. The average Bonchev–Trinajstić information content (AvgIpc) is 3.13. The van der Waals surface area contributed by atoms with Crippen LogP contribution in [0.25, 0.3) is 11.0 Å². The fourth-order valence-electron chi connectivity index (χ4n) is 6.19. The Bertz CT molecular complexity index is 1820. The van der Waals surface area contributed by atoms with Crippen LogP contribution in [0.1, 0.15) is 46.5 Å². The van der Waals surface area contributed by atoms with E-state index in [1.54, 1.807) is 12.4 Å². The van der Waals surface area contributed by atoms with Crippen molar-refractivity contribution in [3.8, 4) is 0 Å². The molecule has 11 nitrogen and oxygen atoms in total. The molecular formula is C36H37N7O4. The van der Waals surface area contributed by atoms with Crippen molar-refractivity contribution >= 4 is 28.6 Å². The number of piperazine rings is 1. The van der Waals surface area contributed by atoms with Crippen molar-refractivity contribution in [3.05, 3.63) is 120 Å². The van der Waals surface area contributed by atoms with Crippen LogP contribution in [0.5, 0.6) is 0 Å². The highest BCUT2D eigenvalue weighted by Crippen LogP contribution is 2.42. The van der Waals surface area contributed by atoms with Crippen molar-refractivity contribution in [3.63, 3.8) is 0 Å². The second-order valence-corrected chi connectivity index (χ2v) is 12.0. The van der Waals surface area contributed by atoms with Crippen molar-refractivity contribution in [1.29, 1.82) is 0 Å². The molecule has 4 heterocycles. The number of ether oxygens (including phenoxy) is 2. The molecule has 0 radical (unpaired) electrons. The molecule has 2 aromatic heterocycles. The summed E-state index contributed by atoms with van der Waals surface area (Å²) in [6.45, 7) is 6.30. The van der Waals surface area contributed by atoms with E-state index in [1.165, 1.54) is 6.20 Å². The Morgan fingerprint density at radius 3 is 2.40 bits per heavy atom. The van der Waals surface area contributed by atoms with Gasteiger partial charge in [0.05, 0.1) is 36.0 Å². The zero-order valence-electron chi connectivity index (χ0n) is 26.1. The number of benzene rings is 3. The molecule has 2 N–H and O–H groups in total. The Hall–Kier alpha value is -4.81. The number of aromatic nitrogens is 4. The van der Waals surface area contributed by atoms with Gasteiger partial charge in [-0.1, -0.05) is 55.5 Å². The maximum atomic E-state index is 13.2. The fraction of sp³-hybridized carbons (Fsp3) is 0.306. The van der Waals surface area contributed by atoms with Gasteiger partial charge in [-0.15, -0.1) is 0 Å². The van der Waals surface area contributed by atoms with Crippen LogP contribution >= 0.6 is 0 Å². The van der Waals surface area contributed by atoms with E-state index in [0.717, 1.165) is 60.9 Å². The van der Waals surface area contributed by atoms with Gasteiger partial charge in [-0.3, -0.25) is 14.7 Å². The van der Waals surface area contributed by atoms with Crippen LogP contribution < -0.4 is 10.2 Å².